The van der Waals surface area contributed by atoms with Crippen LogP contribution in [0.15, 0.2) is 45.6 Å². The summed E-state index contributed by atoms with van der Waals surface area (Å²) in [7, 11) is 1.36. The largest absolute Gasteiger partial charge is 0.507 e. The highest BCUT2D eigenvalue weighted by molar-refractivity contribution is 5.86. The number of methoxy groups -OCH3 is 1. The molecule has 0 aliphatic carbocycles. The quantitative estimate of drug-likeness (QED) is 0.148. The minimum Gasteiger partial charge on any atom is -0.507 e. The first-order valence-electron chi connectivity index (χ1n) is 12.7. The van der Waals surface area contributed by atoms with E-state index < -0.39 is 79.7 Å². The van der Waals surface area contributed by atoms with Gasteiger partial charge in [-0.2, -0.15) is 0 Å². The van der Waals surface area contributed by atoms with Gasteiger partial charge < -0.3 is 69.0 Å². The van der Waals surface area contributed by atoms with Gasteiger partial charge in [0.15, 0.2) is 23.2 Å². The molecule has 0 radical (unpaired) electrons. The van der Waals surface area contributed by atoms with Crippen LogP contribution in [0.1, 0.15) is 0 Å². The molecule has 2 fully saturated rings. The van der Waals surface area contributed by atoms with Crippen molar-refractivity contribution in [1.82, 2.24) is 0 Å². The summed E-state index contributed by atoms with van der Waals surface area (Å²) in [5, 5.41) is 81.1. The number of benzene rings is 2. The van der Waals surface area contributed by atoms with E-state index in [1.165, 1.54) is 31.4 Å². The number of ether oxygens (including phenoxy) is 5. The van der Waals surface area contributed by atoms with Crippen LogP contribution in [0.4, 0.5) is 0 Å². The van der Waals surface area contributed by atoms with Gasteiger partial charge in [-0.15, -0.1) is 0 Å². The van der Waals surface area contributed by atoms with E-state index in [0.29, 0.717) is 5.56 Å². The molecule has 8 unspecified atom stereocenters. The molecule has 1 aromatic heterocycles. The second-order valence-corrected chi connectivity index (χ2v) is 10.0. The normalized spacial score (nSPS) is 31.4. The topological polar surface area (TPSA) is 238 Å². The van der Waals surface area contributed by atoms with Gasteiger partial charge in [0.25, 0.3) is 0 Å². The molecule has 2 aliphatic rings. The van der Waals surface area contributed by atoms with Gasteiger partial charge in [0.1, 0.15) is 64.3 Å². The zero-order chi connectivity index (χ0) is 30.3. The van der Waals surface area contributed by atoms with Crippen molar-refractivity contribution in [2.75, 3.05) is 26.9 Å². The molecule has 2 aliphatic heterocycles. The first kappa shape index (κ1) is 30.0. The number of fused-ring (bicyclic) bond motifs is 1. The highest BCUT2D eigenvalue weighted by Gasteiger charge is 2.50. The molecule has 42 heavy (non-hydrogen) atoms. The summed E-state index contributed by atoms with van der Waals surface area (Å²) in [4.78, 5) is 12.8. The van der Waals surface area contributed by atoms with Crippen molar-refractivity contribution < 1.29 is 69.0 Å². The summed E-state index contributed by atoms with van der Waals surface area (Å²) in [5.74, 6) is -0.565. The van der Waals surface area contributed by atoms with E-state index in [1.54, 1.807) is 0 Å². The average molecular weight is 595 g/mol. The van der Waals surface area contributed by atoms with Crippen LogP contribution < -0.4 is 14.9 Å². The van der Waals surface area contributed by atoms with Crippen LogP contribution in [0.3, 0.4) is 0 Å². The molecule has 0 amide bonds. The van der Waals surface area contributed by atoms with Crippen LogP contribution in [0, 0.1) is 0 Å². The second-order valence-electron chi connectivity index (χ2n) is 10.0. The summed E-state index contributed by atoms with van der Waals surface area (Å²) in [6.07, 6.45) is -11.2. The third kappa shape index (κ3) is 5.49. The molecule has 8 N–H and O–H groups in total. The molecule has 8 atom stereocenters. The number of hydrogen-bond donors (Lipinski definition) is 8. The van der Waals surface area contributed by atoms with Gasteiger partial charge >= 0.3 is 0 Å². The average Bonchev–Trinajstić information content (AvgIpc) is 3.25. The van der Waals surface area contributed by atoms with E-state index in [1.807, 2.05) is 0 Å². The summed E-state index contributed by atoms with van der Waals surface area (Å²) in [5.41, 5.74) is -2.25. The van der Waals surface area contributed by atoms with Gasteiger partial charge in [0.2, 0.25) is 6.29 Å². The monoisotopic (exact) mass is 594 g/mol. The Labute approximate surface area is 236 Å². The van der Waals surface area contributed by atoms with Crippen molar-refractivity contribution in [2.45, 2.75) is 48.7 Å². The van der Waals surface area contributed by atoms with Crippen LogP contribution in [0.5, 0.6) is 23.0 Å². The Hall–Kier alpha value is -3.51. The first-order valence-corrected chi connectivity index (χ1v) is 12.7. The maximum atomic E-state index is 12.8. The molecule has 0 saturated carbocycles. The van der Waals surface area contributed by atoms with Gasteiger partial charge in [-0.1, -0.05) is 0 Å². The van der Waals surface area contributed by atoms with Crippen LogP contribution in [-0.4, -0.2) is 116 Å². The molecule has 3 heterocycles. The molecule has 2 aromatic carbocycles. The molecule has 0 bridgehead atoms. The number of aromatic hydroxyl groups is 2. The zero-order valence-electron chi connectivity index (χ0n) is 22.1. The predicted octanol–water partition coefficient (Wildman–Crippen LogP) is -1.48. The SMILES string of the molecule is COc1cc(-c2cc(=O)c3c(O)cc(OC4OC(COC5OCC(O)(CO)C5O)C(O)C(O)C4O)cc3o2)ccc1O. The minimum absolute atomic E-state index is 0.0801. The molecule has 2 saturated heterocycles. The highest BCUT2D eigenvalue weighted by Crippen LogP contribution is 2.36. The molecule has 15 nitrogen and oxygen atoms in total. The second kappa shape index (κ2) is 11.6. The lowest BCUT2D eigenvalue weighted by molar-refractivity contribution is -0.289. The molecule has 15 heteroatoms. The number of hydrogen-bond acceptors (Lipinski definition) is 15. The first-order chi connectivity index (χ1) is 19.9. The van der Waals surface area contributed by atoms with Crippen molar-refractivity contribution in [3.05, 3.63) is 46.6 Å². The highest BCUT2D eigenvalue weighted by atomic mass is 16.7. The van der Waals surface area contributed by atoms with Crippen LogP contribution in [-0.2, 0) is 14.2 Å². The van der Waals surface area contributed by atoms with E-state index in [0.717, 1.165) is 12.1 Å². The van der Waals surface area contributed by atoms with Crippen LogP contribution in [0.2, 0.25) is 0 Å². The third-order valence-corrected chi connectivity index (χ3v) is 7.17. The summed E-state index contributed by atoms with van der Waals surface area (Å²) >= 11 is 0. The van der Waals surface area contributed by atoms with Crippen molar-refractivity contribution in [3.8, 4) is 34.3 Å². The fraction of sp³-hybridized carbons (Fsp3) is 0.444. The summed E-state index contributed by atoms with van der Waals surface area (Å²) < 4.78 is 32.7. The Bertz CT molecular complexity index is 1490. The predicted molar refractivity (Wildman–Crippen MR) is 139 cm³/mol. The minimum atomic E-state index is -1.95. The lowest BCUT2D eigenvalue weighted by Gasteiger charge is -2.40. The fourth-order valence-corrected chi connectivity index (χ4v) is 4.69. The molecule has 228 valence electrons. The fourth-order valence-electron chi connectivity index (χ4n) is 4.69. The number of aliphatic hydroxyl groups excluding tert-OH is 5. The molecular weight excluding hydrogens is 564 g/mol. The Morgan fingerprint density at radius 2 is 1.74 bits per heavy atom. The lowest BCUT2D eigenvalue weighted by Crippen LogP contribution is -2.60. The number of phenolic OH excluding ortho intramolecular Hbond substituents is 2. The maximum Gasteiger partial charge on any atom is 0.229 e. The molecule has 0 spiro atoms. The van der Waals surface area contributed by atoms with E-state index in [4.69, 9.17) is 28.1 Å². The standard InChI is InChI=1S/C27H30O15/c1-37-17-4-11(2-3-13(17)29)16-7-15(31)20-14(30)5-12(6-18(20)41-16)40-25-23(34)22(33)21(32)19(42-25)8-38-26-24(35)27(36,9-28)10-39-26/h2-7,19,21-26,28-30,32-36H,8-10H2,1H3. The van der Waals surface area contributed by atoms with Gasteiger partial charge in [-0.3, -0.25) is 4.79 Å². The lowest BCUT2D eigenvalue weighted by atomic mass is 9.99. The maximum absolute atomic E-state index is 12.8. The smallest absolute Gasteiger partial charge is 0.229 e. The van der Waals surface area contributed by atoms with Gasteiger partial charge in [-0.25, -0.2) is 0 Å². The summed E-state index contributed by atoms with van der Waals surface area (Å²) in [6.45, 7) is -1.70. The molecular formula is C27H30O15. The summed E-state index contributed by atoms with van der Waals surface area (Å²) in [6, 6.07) is 7.75. The van der Waals surface area contributed by atoms with E-state index in [-0.39, 0.29) is 34.0 Å². The van der Waals surface area contributed by atoms with Gasteiger partial charge in [-0.05, 0) is 18.2 Å². The Morgan fingerprint density at radius 3 is 2.43 bits per heavy atom. The number of aliphatic hydroxyl groups is 6. The molecule has 3 aromatic rings. The van der Waals surface area contributed by atoms with Crippen LogP contribution in [0.25, 0.3) is 22.3 Å². The van der Waals surface area contributed by atoms with Crippen molar-refractivity contribution in [3.63, 3.8) is 0 Å². The van der Waals surface area contributed by atoms with Crippen molar-refractivity contribution in [1.29, 1.82) is 0 Å². The molecule has 5 rings (SSSR count). The third-order valence-electron chi connectivity index (χ3n) is 7.17. The van der Waals surface area contributed by atoms with Crippen LogP contribution >= 0.6 is 0 Å². The van der Waals surface area contributed by atoms with Gasteiger partial charge in [0, 0.05) is 23.8 Å². The van der Waals surface area contributed by atoms with Crippen molar-refractivity contribution >= 4 is 11.0 Å². The Morgan fingerprint density at radius 1 is 0.976 bits per heavy atom. The number of phenols is 2. The zero-order valence-corrected chi connectivity index (χ0v) is 22.1. The van der Waals surface area contributed by atoms with Crippen molar-refractivity contribution in [2.24, 2.45) is 0 Å². The Balaban J connectivity index is 1.37. The number of rotatable bonds is 8. The van der Waals surface area contributed by atoms with E-state index >= 15 is 0 Å². The van der Waals surface area contributed by atoms with E-state index in [2.05, 4.69) is 0 Å². The van der Waals surface area contributed by atoms with Gasteiger partial charge in [0.05, 0.1) is 26.9 Å². The van der Waals surface area contributed by atoms with E-state index in [9.17, 15) is 45.6 Å². The Kier molecular flexibility index (Phi) is 8.30.